The summed E-state index contributed by atoms with van der Waals surface area (Å²) in [6, 6.07) is 14.7. The fourth-order valence-corrected chi connectivity index (χ4v) is 2.55. The van der Waals surface area contributed by atoms with Gasteiger partial charge in [0, 0.05) is 17.9 Å². The molecule has 2 amide bonds. The van der Waals surface area contributed by atoms with Crippen LogP contribution in [0.25, 0.3) is 0 Å². The number of hydrogen-bond acceptors (Lipinski definition) is 2. The molecule has 1 atom stereocenters. The highest BCUT2D eigenvalue weighted by molar-refractivity contribution is 6.13. The molecule has 0 spiro atoms. The number of amides is 2. The van der Waals surface area contributed by atoms with E-state index in [-0.39, 0.29) is 17.6 Å². The zero-order valence-corrected chi connectivity index (χ0v) is 11.8. The van der Waals surface area contributed by atoms with E-state index in [9.17, 15) is 14.0 Å². The molecule has 2 aromatic rings. The summed E-state index contributed by atoms with van der Waals surface area (Å²) in [6.07, 6.45) is 0.453. The summed E-state index contributed by atoms with van der Waals surface area (Å²) in [7, 11) is 0. The van der Waals surface area contributed by atoms with E-state index in [4.69, 9.17) is 0 Å². The summed E-state index contributed by atoms with van der Waals surface area (Å²) in [5.41, 5.74) is 1.28. The smallest absolute Gasteiger partial charge is 0.239 e. The molecule has 1 heterocycles. The van der Waals surface area contributed by atoms with Gasteiger partial charge in [-0.05, 0) is 42.8 Å². The average molecular weight is 298 g/mol. The van der Waals surface area contributed by atoms with Crippen LogP contribution in [0.15, 0.2) is 54.6 Å². The van der Waals surface area contributed by atoms with Crippen molar-refractivity contribution in [2.45, 2.75) is 6.42 Å². The predicted molar refractivity (Wildman–Crippen MR) is 81.9 cm³/mol. The number of carbonyl (C=O) groups is 2. The lowest BCUT2D eigenvalue weighted by atomic mass is 10.1. The lowest BCUT2D eigenvalue weighted by molar-refractivity contribution is -0.129. The molecule has 1 aliphatic heterocycles. The molecule has 1 saturated heterocycles. The standard InChI is InChI=1S/C17H15FN2O2/c18-12-6-8-14(9-7-12)20-11-10-15(17(20)22)16(21)19-13-4-2-1-3-5-13/h1-9,15H,10-11H2,(H,19,21). The summed E-state index contributed by atoms with van der Waals surface area (Å²) in [5.74, 6) is -1.61. The van der Waals surface area contributed by atoms with E-state index in [0.29, 0.717) is 24.3 Å². The van der Waals surface area contributed by atoms with Gasteiger partial charge in [0.1, 0.15) is 11.7 Å². The Morgan fingerprint density at radius 3 is 2.45 bits per heavy atom. The summed E-state index contributed by atoms with van der Waals surface area (Å²) >= 11 is 0. The third-order valence-corrected chi connectivity index (χ3v) is 3.70. The highest BCUT2D eigenvalue weighted by atomic mass is 19.1. The van der Waals surface area contributed by atoms with E-state index in [1.165, 1.54) is 17.0 Å². The van der Waals surface area contributed by atoms with Crippen molar-refractivity contribution in [3.05, 3.63) is 60.4 Å². The van der Waals surface area contributed by atoms with Gasteiger partial charge >= 0.3 is 0 Å². The lowest BCUT2D eigenvalue weighted by Crippen LogP contribution is -2.33. The number of nitrogens with zero attached hydrogens (tertiary/aromatic N) is 1. The van der Waals surface area contributed by atoms with E-state index < -0.39 is 5.92 Å². The van der Waals surface area contributed by atoms with Crippen LogP contribution in [0.5, 0.6) is 0 Å². The Morgan fingerprint density at radius 1 is 1.09 bits per heavy atom. The maximum absolute atomic E-state index is 13.0. The molecule has 3 rings (SSSR count). The zero-order chi connectivity index (χ0) is 15.5. The van der Waals surface area contributed by atoms with Crippen LogP contribution in [0.3, 0.4) is 0 Å². The molecule has 4 nitrogen and oxygen atoms in total. The number of benzene rings is 2. The van der Waals surface area contributed by atoms with Crippen LogP contribution < -0.4 is 10.2 Å². The van der Waals surface area contributed by atoms with Crippen LogP contribution in [0.2, 0.25) is 0 Å². The number of carbonyl (C=O) groups excluding carboxylic acids is 2. The van der Waals surface area contributed by atoms with Gasteiger partial charge in [0.05, 0.1) is 0 Å². The maximum atomic E-state index is 13.0. The maximum Gasteiger partial charge on any atom is 0.239 e. The van der Waals surface area contributed by atoms with Crippen LogP contribution in [-0.4, -0.2) is 18.4 Å². The normalized spacial score (nSPS) is 17.6. The van der Waals surface area contributed by atoms with E-state index in [2.05, 4.69) is 5.32 Å². The molecular weight excluding hydrogens is 283 g/mol. The fourth-order valence-electron chi connectivity index (χ4n) is 2.55. The summed E-state index contributed by atoms with van der Waals surface area (Å²) in [5, 5.41) is 2.75. The molecule has 1 fully saturated rings. The average Bonchev–Trinajstić information content (AvgIpc) is 2.91. The van der Waals surface area contributed by atoms with Crippen molar-refractivity contribution in [3.8, 4) is 0 Å². The Bertz CT molecular complexity index is 686. The van der Waals surface area contributed by atoms with Crippen LogP contribution in [0.4, 0.5) is 15.8 Å². The topological polar surface area (TPSA) is 49.4 Å². The van der Waals surface area contributed by atoms with Crippen molar-refractivity contribution in [1.82, 2.24) is 0 Å². The van der Waals surface area contributed by atoms with Gasteiger partial charge in [-0.25, -0.2) is 4.39 Å². The number of rotatable bonds is 3. The Balaban J connectivity index is 1.70. The minimum absolute atomic E-state index is 0.250. The molecule has 0 aromatic heterocycles. The second-order valence-corrected chi connectivity index (χ2v) is 5.16. The van der Waals surface area contributed by atoms with E-state index in [1.807, 2.05) is 18.2 Å². The van der Waals surface area contributed by atoms with Gasteiger partial charge in [-0.3, -0.25) is 9.59 Å². The highest BCUT2D eigenvalue weighted by Gasteiger charge is 2.37. The molecule has 1 N–H and O–H groups in total. The molecule has 0 radical (unpaired) electrons. The van der Waals surface area contributed by atoms with Gasteiger partial charge in [-0.2, -0.15) is 0 Å². The Labute approximate surface area is 127 Å². The van der Waals surface area contributed by atoms with E-state index in [1.54, 1.807) is 24.3 Å². The molecule has 1 unspecified atom stereocenters. The largest absolute Gasteiger partial charge is 0.325 e. The van der Waals surface area contributed by atoms with Crippen LogP contribution in [0, 0.1) is 11.7 Å². The molecule has 2 aromatic carbocycles. The Morgan fingerprint density at radius 2 is 1.77 bits per heavy atom. The van der Waals surface area contributed by atoms with Crippen LogP contribution >= 0.6 is 0 Å². The van der Waals surface area contributed by atoms with Gasteiger partial charge in [-0.15, -0.1) is 0 Å². The molecule has 0 bridgehead atoms. The second-order valence-electron chi connectivity index (χ2n) is 5.16. The molecule has 0 saturated carbocycles. The molecule has 5 heteroatoms. The Kier molecular flexibility index (Phi) is 3.87. The van der Waals surface area contributed by atoms with Crippen molar-refractivity contribution >= 4 is 23.2 Å². The van der Waals surface area contributed by atoms with E-state index >= 15 is 0 Å². The lowest BCUT2D eigenvalue weighted by Gasteiger charge is -2.16. The summed E-state index contributed by atoms with van der Waals surface area (Å²) in [4.78, 5) is 26.2. The molecule has 22 heavy (non-hydrogen) atoms. The van der Waals surface area contributed by atoms with Gasteiger partial charge in [0.2, 0.25) is 11.8 Å². The van der Waals surface area contributed by atoms with E-state index in [0.717, 1.165) is 0 Å². The summed E-state index contributed by atoms with van der Waals surface area (Å²) < 4.78 is 13.0. The zero-order valence-electron chi connectivity index (χ0n) is 11.8. The van der Waals surface area contributed by atoms with Gasteiger partial charge < -0.3 is 10.2 Å². The van der Waals surface area contributed by atoms with Crippen molar-refractivity contribution in [2.75, 3.05) is 16.8 Å². The molecule has 112 valence electrons. The first-order valence-electron chi connectivity index (χ1n) is 7.08. The number of halogens is 1. The van der Waals surface area contributed by atoms with Gasteiger partial charge in [0.15, 0.2) is 0 Å². The van der Waals surface area contributed by atoms with Crippen LogP contribution in [0.1, 0.15) is 6.42 Å². The van der Waals surface area contributed by atoms with Crippen molar-refractivity contribution in [1.29, 1.82) is 0 Å². The molecule has 1 aliphatic rings. The van der Waals surface area contributed by atoms with Crippen molar-refractivity contribution < 1.29 is 14.0 Å². The second kappa shape index (κ2) is 5.97. The first kappa shape index (κ1) is 14.3. The SMILES string of the molecule is O=C(Nc1ccccc1)C1CCN(c2ccc(F)cc2)C1=O. The number of anilines is 2. The first-order chi connectivity index (χ1) is 10.6. The number of hydrogen-bond donors (Lipinski definition) is 1. The third kappa shape index (κ3) is 2.83. The predicted octanol–water partition coefficient (Wildman–Crippen LogP) is 2.82. The minimum atomic E-state index is -0.703. The number of nitrogens with one attached hydrogen (secondary N) is 1. The molecular formula is C17H15FN2O2. The molecule has 0 aliphatic carbocycles. The first-order valence-corrected chi connectivity index (χ1v) is 7.08. The van der Waals surface area contributed by atoms with Crippen molar-refractivity contribution in [2.24, 2.45) is 5.92 Å². The van der Waals surface area contributed by atoms with Gasteiger partial charge in [-0.1, -0.05) is 18.2 Å². The third-order valence-electron chi connectivity index (χ3n) is 3.70. The summed E-state index contributed by atoms with van der Waals surface area (Å²) in [6.45, 7) is 0.456. The van der Waals surface area contributed by atoms with Gasteiger partial charge in [0.25, 0.3) is 0 Å². The van der Waals surface area contributed by atoms with Crippen LogP contribution in [-0.2, 0) is 9.59 Å². The quantitative estimate of drug-likeness (QED) is 0.886. The van der Waals surface area contributed by atoms with Crippen molar-refractivity contribution in [3.63, 3.8) is 0 Å². The highest BCUT2D eigenvalue weighted by Crippen LogP contribution is 2.26. The number of para-hydroxylation sites is 1. The fraction of sp³-hybridized carbons (Fsp3) is 0.176. The Hall–Kier alpha value is -2.69. The minimum Gasteiger partial charge on any atom is -0.325 e. The monoisotopic (exact) mass is 298 g/mol.